The van der Waals surface area contributed by atoms with E-state index in [4.69, 9.17) is 9.97 Å². The van der Waals surface area contributed by atoms with E-state index in [2.05, 4.69) is 340 Å². The van der Waals surface area contributed by atoms with Gasteiger partial charge in [0.25, 0.3) is 0 Å². The molecule has 0 fully saturated rings. The Morgan fingerprint density at radius 2 is 0.542 bits per heavy atom. The van der Waals surface area contributed by atoms with Crippen molar-refractivity contribution in [2.75, 3.05) is 0 Å². The van der Waals surface area contributed by atoms with Crippen molar-refractivity contribution in [2.24, 2.45) is 0 Å². The summed E-state index contributed by atoms with van der Waals surface area (Å²) < 4.78 is 7.13. The van der Waals surface area contributed by atoms with E-state index >= 15 is 0 Å². The third-order valence-corrected chi connectivity index (χ3v) is 22.3. The van der Waals surface area contributed by atoms with Crippen molar-refractivity contribution in [1.29, 1.82) is 0 Å². The topological polar surface area (TPSA) is 40.6 Å². The van der Waals surface area contributed by atoms with E-state index < -0.39 is 0 Å². The SMILES string of the molecule is CC1(C)c2ccccc2-c2ccc(-c3ccc4c5ccccc5n(-c5ccc(-c6cc(-n7c8ccccc8c8ccc(-c9ccc%10c(c9)C(C)(C)c9ccccc9-%10)cc87)nc(-n7c8ccccc8c8ccc(-c9ccc%10c(c9)C(C)(C)c9ccccc9-%10)cc87)n6)cc5)c4c3)cc21. The predicted molar refractivity (Wildman–Crippen MR) is 399 cm³/mol. The molecule has 5 nitrogen and oxygen atoms in total. The highest BCUT2D eigenvalue weighted by Crippen LogP contribution is 2.53. The summed E-state index contributed by atoms with van der Waals surface area (Å²) in [7, 11) is 0. The van der Waals surface area contributed by atoms with Crippen molar-refractivity contribution in [3.8, 4) is 95.5 Å². The highest BCUT2D eigenvalue weighted by molar-refractivity contribution is 6.13. The summed E-state index contributed by atoms with van der Waals surface area (Å²) in [6.45, 7) is 14.2. The lowest BCUT2D eigenvalue weighted by Crippen LogP contribution is -2.14. The number of rotatable bonds is 7. The van der Waals surface area contributed by atoms with Crippen LogP contribution >= 0.6 is 0 Å². The Balaban J connectivity index is 0.773. The summed E-state index contributed by atoms with van der Waals surface area (Å²) in [5.41, 5.74) is 32.3. The van der Waals surface area contributed by atoms with Gasteiger partial charge in [-0.3, -0.25) is 9.13 Å². The number of hydrogen-bond acceptors (Lipinski definition) is 2. The molecule has 96 heavy (non-hydrogen) atoms. The molecule has 0 saturated carbocycles. The summed E-state index contributed by atoms with van der Waals surface area (Å²) in [6, 6.07) is 106. The van der Waals surface area contributed by atoms with Crippen LogP contribution in [0.3, 0.4) is 0 Å². The Morgan fingerprint density at radius 1 is 0.229 bits per heavy atom. The average molecular weight is 1230 g/mol. The lowest BCUT2D eigenvalue weighted by molar-refractivity contribution is 0.660. The smallest absolute Gasteiger partial charge is 0.237 e. The molecule has 0 spiro atoms. The highest BCUT2D eigenvalue weighted by Gasteiger charge is 2.38. The van der Waals surface area contributed by atoms with E-state index in [1.54, 1.807) is 0 Å². The van der Waals surface area contributed by atoms with Crippen LogP contribution in [0, 0.1) is 0 Å². The van der Waals surface area contributed by atoms with E-state index in [0.29, 0.717) is 5.95 Å². The van der Waals surface area contributed by atoms with Crippen LogP contribution in [0.1, 0.15) is 74.9 Å². The minimum atomic E-state index is -0.135. The minimum absolute atomic E-state index is 0.0994. The molecule has 454 valence electrons. The fourth-order valence-electron chi connectivity index (χ4n) is 17.4. The van der Waals surface area contributed by atoms with E-state index in [1.807, 2.05) is 0 Å². The average Bonchev–Trinajstić information content (AvgIpc) is 1.61. The molecule has 0 atom stereocenters. The lowest BCUT2D eigenvalue weighted by Gasteiger charge is -2.22. The Labute approximate surface area is 557 Å². The van der Waals surface area contributed by atoms with Crippen molar-refractivity contribution < 1.29 is 0 Å². The molecule has 0 radical (unpaired) electrons. The molecule has 5 heteroatoms. The third kappa shape index (κ3) is 7.68. The molecule has 20 rings (SSSR count). The molecule has 17 aromatic rings. The molecule has 0 amide bonds. The fourth-order valence-corrected chi connectivity index (χ4v) is 17.4. The maximum atomic E-state index is 5.84. The molecule has 13 aromatic carbocycles. The first-order chi connectivity index (χ1) is 46.8. The molecule has 0 saturated heterocycles. The Bertz CT molecular complexity index is 5990. The second-order valence-electron chi connectivity index (χ2n) is 28.5. The van der Waals surface area contributed by atoms with Gasteiger partial charge in [0.15, 0.2) is 0 Å². The van der Waals surface area contributed by atoms with Crippen LogP contribution in [0.25, 0.3) is 161 Å². The molecular formula is C91H65N5. The molecule has 3 aliphatic carbocycles. The van der Waals surface area contributed by atoms with Gasteiger partial charge in [-0.1, -0.05) is 254 Å². The first-order valence-corrected chi connectivity index (χ1v) is 33.7. The van der Waals surface area contributed by atoms with Gasteiger partial charge >= 0.3 is 0 Å². The van der Waals surface area contributed by atoms with Gasteiger partial charge in [0, 0.05) is 65.9 Å². The van der Waals surface area contributed by atoms with Crippen molar-refractivity contribution in [1.82, 2.24) is 23.7 Å². The number of aromatic nitrogens is 5. The van der Waals surface area contributed by atoms with Crippen molar-refractivity contribution in [3.05, 3.63) is 318 Å². The van der Waals surface area contributed by atoms with Crippen molar-refractivity contribution >= 4 is 65.4 Å². The largest absolute Gasteiger partial charge is 0.309 e. The molecule has 4 aromatic heterocycles. The standard InChI is InChI=1S/C91H65N5/c1-89(2)74-25-13-7-19-62(74)65-41-33-55(47-77(65)89)58-36-44-71-68-22-10-16-28-81(68)94(84(71)50-58)61-39-31-54(32-40-61)80-53-87(95-82-29-17-11-23-69(82)72-45-37-59(51-85(72)95)56-34-42-66-63-20-8-14-26-75(63)90(3,4)78(66)48-56)93-88(92-80)96-83-30-18-12-24-70(83)73-46-38-60(52-86(73)96)57-35-43-67-64-21-9-15-27-76(64)91(5,6)79(67)49-57/h7-53H,1-6H3. The van der Waals surface area contributed by atoms with Crippen molar-refractivity contribution in [2.45, 2.75) is 57.8 Å². The number of benzene rings is 13. The van der Waals surface area contributed by atoms with E-state index in [9.17, 15) is 0 Å². The van der Waals surface area contributed by atoms with E-state index in [-0.39, 0.29) is 16.2 Å². The number of fused-ring (bicyclic) bond motifs is 18. The van der Waals surface area contributed by atoms with Crippen LogP contribution < -0.4 is 0 Å². The van der Waals surface area contributed by atoms with Gasteiger partial charge in [-0.15, -0.1) is 0 Å². The molecular weight excluding hydrogens is 1160 g/mol. The monoisotopic (exact) mass is 1230 g/mol. The maximum Gasteiger partial charge on any atom is 0.237 e. The summed E-state index contributed by atoms with van der Waals surface area (Å²) >= 11 is 0. The number of hydrogen-bond donors (Lipinski definition) is 0. The summed E-state index contributed by atoms with van der Waals surface area (Å²) in [5, 5.41) is 7.06. The third-order valence-electron chi connectivity index (χ3n) is 22.3. The van der Waals surface area contributed by atoms with Gasteiger partial charge in [0.1, 0.15) is 5.82 Å². The highest BCUT2D eigenvalue weighted by atomic mass is 15.2. The first-order valence-electron chi connectivity index (χ1n) is 33.7. The van der Waals surface area contributed by atoms with Gasteiger partial charge in [-0.05, 0) is 167 Å². The van der Waals surface area contributed by atoms with Crippen LogP contribution in [0.2, 0.25) is 0 Å². The molecule has 0 aliphatic heterocycles. The van der Waals surface area contributed by atoms with Gasteiger partial charge in [-0.2, -0.15) is 4.98 Å². The zero-order valence-corrected chi connectivity index (χ0v) is 54.4. The van der Waals surface area contributed by atoms with Crippen LogP contribution in [0.4, 0.5) is 0 Å². The quantitative estimate of drug-likeness (QED) is 0.160. The van der Waals surface area contributed by atoms with Gasteiger partial charge in [-0.25, -0.2) is 4.98 Å². The summed E-state index contributed by atoms with van der Waals surface area (Å²) in [5.74, 6) is 1.38. The van der Waals surface area contributed by atoms with Crippen LogP contribution in [-0.4, -0.2) is 23.7 Å². The molecule has 4 heterocycles. The molecule has 0 unspecified atom stereocenters. The Hall–Kier alpha value is -11.7. The van der Waals surface area contributed by atoms with Gasteiger partial charge in [0.05, 0.1) is 38.8 Å². The van der Waals surface area contributed by atoms with E-state index in [0.717, 1.165) is 88.5 Å². The second kappa shape index (κ2) is 19.7. The zero-order chi connectivity index (χ0) is 64.1. The fraction of sp³-hybridized carbons (Fsp3) is 0.0989. The normalized spacial score (nSPS) is 14.4. The Kier molecular flexibility index (Phi) is 11.3. The van der Waals surface area contributed by atoms with Crippen LogP contribution in [-0.2, 0) is 16.2 Å². The van der Waals surface area contributed by atoms with Crippen LogP contribution in [0.5, 0.6) is 0 Å². The minimum Gasteiger partial charge on any atom is -0.309 e. The Morgan fingerprint density at radius 3 is 0.979 bits per heavy atom. The molecule has 0 bridgehead atoms. The summed E-state index contributed by atoms with van der Waals surface area (Å²) in [6.07, 6.45) is 0. The number of nitrogens with zero attached hydrogens (tertiary/aromatic N) is 5. The lowest BCUT2D eigenvalue weighted by atomic mass is 9.81. The van der Waals surface area contributed by atoms with Gasteiger partial charge in [0.2, 0.25) is 5.95 Å². The molecule has 0 N–H and O–H groups in total. The van der Waals surface area contributed by atoms with Crippen molar-refractivity contribution in [3.63, 3.8) is 0 Å². The van der Waals surface area contributed by atoms with E-state index in [1.165, 1.54) is 99.8 Å². The zero-order valence-electron chi connectivity index (χ0n) is 54.4. The predicted octanol–water partition coefficient (Wildman–Crippen LogP) is 23.4. The molecule has 3 aliphatic rings. The second-order valence-corrected chi connectivity index (χ2v) is 28.5. The van der Waals surface area contributed by atoms with Gasteiger partial charge < -0.3 is 4.57 Å². The maximum absolute atomic E-state index is 5.84. The first kappa shape index (κ1) is 54.9. The van der Waals surface area contributed by atoms with Crippen LogP contribution in [0.15, 0.2) is 285 Å². The summed E-state index contributed by atoms with van der Waals surface area (Å²) in [4.78, 5) is 11.6. The number of para-hydroxylation sites is 3.